The number of primary amides is 1. The first kappa shape index (κ1) is 20.7. The Morgan fingerprint density at radius 3 is 2.40 bits per heavy atom. The number of urea groups is 1. The normalized spacial score (nSPS) is 12.3. The topological polar surface area (TPSA) is 143 Å². The molecule has 0 aliphatic heterocycles. The van der Waals surface area contributed by atoms with E-state index in [1.165, 1.54) is 12.1 Å². The molecule has 0 saturated heterocycles. The van der Waals surface area contributed by atoms with Gasteiger partial charge in [0, 0.05) is 6.42 Å². The van der Waals surface area contributed by atoms with E-state index in [0.717, 1.165) is 21.9 Å². The van der Waals surface area contributed by atoms with E-state index in [9.17, 15) is 14.7 Å². The van der Waals surface area contributed by atoms with Crippen LogP contribution in [0.4, 0.5) is 4.79 Å². The molecule has 3 aromatic carbocycles. The van der Waals surface area contributed by atoms with Crippen LogP contribution in [-0.2, 0) is 17.8 Å². The molecule has 1 atom stereocenters. The SMILES string of the molecule is NC(=O)[C@H](Cc1ccc(O)cc1)NC(=O)NC(N)=NCc1cccc2ccccc12. The number of guanidine groups is 1. The summed E-state index contributed by atoms with van der Waals surface area (Å²) in [5.41, 5.74) is 12.9. The third kappa shape index (κ3) is 5.48. The van der Waals surface area contributed by atoms with E-state index in [-0.39, 0.29) is 18.1 Å². The minimum Gasteiger partial charge on any atom is -0.508 e. The molecule has 0 saturated carbocycles. The molecule has 8 heteroatoms. The predicted octanol–water partition coefficient (Wildman–Crippen LogP) is 1.76. The van der Waals surface area contributed by atoms with Gasteiger partial charge in [0.15, 0.2) is 5.96 Å². The second kappa shape index (κ2) is 9.42. The molecule has 0 spiro atoms. The van der Waals surface area contributed by atoms with E-state index >= 15 is 0 Å². The van der Waals surface area contributed by atoms with Crippen molar-refractivity contribution in [1.82, 2.24) is 10.6 Å². The van der Waals surface area contributed by atoms with Gasteiger partial charge in [-0.25, -0.2) is 9.79 Å². The number of benzene rings is 3. The Bertz CT molecular complexity index is 1070. The number of hydrogen-bond acceptors (Lipinski definition) is 4. The highest BCUT2D eigenvalue weighted by atomic mass is 16.3. The van der Waals surface area contributed by atoms with E-state index in [2.05, 4.69) is 15.6 Å². The third-order valence-corrected chi connectivity index (χ3v) is 4.57. The number of phenolic OH excluding ortho intramolecular Hbond substituents is 1. The maximum Gasteiger partial charge on any atom is 0.322 e. The van der Waals surface area contributed by atoms with Gasteiger partial charge in [-0.3, -0.25) is 10.1 Å². The second-order valence-electron chi connectivity index (χ2n) is 6.76. The van der Waals surface area contributed by atoms with Crippen molar-refractivity contribution < 1.29 is 14.7 Å². The molecule has 3 amide bonds. The van der Waals surface area contributed by atoms with Crippen molar-refractivity contribution in [2.45, 2.75) is 19.0 Å². The number of fused-ring (bicyclic) bond motifs is 1. The van der Waals surface area contributed by atoms with E-state index in [1.54, 1.807) is 12.1 Å². The standard InChI is InChI=1S/C22H23N5O3/c23-20(29)19(12-14-8-10-17(28)11-9-14)26-22(30)27-21(24)25-13-16-6-3-5-15-4-1-2-7-18(15)16/h1-11,19,28H,12-13H2,(H2,23,29)(H4,24,25,26,27,30)/t19-/m0/s1. The number of aromatic hydroxyl groups is 1. The van der Waals surface area contributed by atoms with Crippen LogP contribution in [0, 0.1) is 0 Å². The van der Waals surface area contributed by atoms with Crippen molar-refractivity contribution in [2.75, 3.05) is 0 Å². The lowest BCUT2D eigenvalue weighted by atomic mass is 10.1. The number of hydrogen-bond donors (Lipinski definition) is 5. The Morgan fingerprint density at radius 2 is 1.67 bits per heavy atom. The van der Waals surface area contributed by atoms with Crippen LogP contribution in [0.1, 0.15) is 11.1 Å². The first-order valence-electron chi connectivity index (χ1n) is 9.33. The van der Waals surface area contributed by atoms with Gasteiger partial charge in [-0.05, 0) is 34.0 Å². The van der Waals surface area contributed by atoms with Gasteiger partial charge in [-0.2, -0.15) is 0 Å². The van der Waals surface area contributed by atoms with Crippen LogP contribution in [0.25, 0.3) is 10.8 Å². The monoisotopic (exact) mass is 405 g/mol. The number of amides is 3. The van der Waals surface area contributed by atoms with Gasteiger partial charge < -0.3 is 21.9 Å². The van der Waals surface area contributed by atoms with Gasteiger partial charge in [-0.15, -0.1) is 0 Å². The van der Waals surface area contributed by atoms with Crippen molar-refractivity contribution in [2.24, 2.45) is 16.5 Å². The number of nitrogens with zero attached hydrogens (tertiary/aromatic N) is 1. The summed E-state index contributed by atoms with van der Waals surface area (Å²) in [7, 11) is 0. The fourth-order valence-electron chi connectivity index (χ4n) is 3.04. The molecular formula is C22H23N5O3. The molecule has 8 nitrogen and oxygen atoms in total. The quantitative estimate of drug-likeness (QED) is 0.314. The predicted molar refractivity (Wildman–Crippen MR) is 116 cm³/mol. The van der Waals surface area contributed by atoms with Crippen LogP contribution in [0.5, 0.6) is 5.75 Å². The van der Waals surface area contributed by atoms with Crippen molar-refractivity contribution in [3.8, 4) is 5.75 Å². The zero-order valence-corrected chi connectivity index (χ0v) is 16.2. The molecule has 154 valence electrons. The second-order valence-corrected chi connectivity index (χ2v) is 6.76. The molecule has 0 radical (unpaired) electrons. The first-order valence-corrected chi connectivity index (χ1v) is 9.33. The Balaban J connectivity index is 1.60. The lowest BCUT2D eigenvalue weighted by Crippen LogP contribution is -2.52. The summed E-state index contributed by atoms with van der Waals surface area (Å²) >= 11 is 0. The number of aliphatic imine (C=N–C) groups is 1. The summed E-state index contributed by atoms with van der Waals surface area (Å²) in [5, 5.41) is 16.4. The van der Waals surface area contributed by atoms with Crippen LogP contribution >= 0.6 is 0 Å². The van der Waals surface area contributed by atoms with Crippen LogP contribution in [0.15, 0.2) is 71.7 Å². The molecular weight excluding hydrogens is 382 g/mol. The Labute approximate surface area is 173 Å². The number of phenols is 1. The number of carbonyl (C=O) groups excluding carboxylic acids is 2. The lowest BCUT2D eigenvalue weighted by Gasteiger charge is -2.16. The van der Waals surface area contributed by atoms with E-state index in [4.69, 9.17) is 11.5 Å². The molecule has 7 N–H and O–H groups in total. The largest absolute Gasteiger partial charge is 0.508 e. The van der Waals surface area contributed by atoms with Gasteiger partial charge >= 0.3 is 6.03 Å². The van der Waals surface area contributed by atoms with E-state index in [1.807, 2.05) is 42.5 Å². The maximum atomic E-state index is 12.2. The summed E-state index contributed by atoms with van der Waals surface area (Å²) < 4.78 is 0. The smallest absolute Gasteiger partial charge is 0.322 e. The van der Waals surface area contributed by atoms with Crippen LogP contribution in [0.3, 0.4) is 0 Å². The Morgan fingerprint density at radius 1 is 0.967 bits per heavy atom. The van der Waals surface area contributed by atoms with Gasteiger partial charge in [-0.1, -0.05) is 54.6 Å². The molecule has 0 aliphatic carbocycles. The average molecular weight is 405 g/mol. The van der Waals surface area contributed by atoms with Crippen LogP contribution < -0.4 is 22.1 Å². The number of nitrogens with two attached hydrogens (primary N) is 2. The minimum absolute atomic E-state index is 0.0757. The zero-order chi connectivity index (χ0) is 21.5. The Hall–Kier alpha value is -4.07. The highest BCUT2D eigenvalue weighted by Gasteiger charge is 2.19. The molecule has 30 heavy (non-hydrogen) atoms. The lowest BCUT2D eigenvalue weighted by molar-refractivity contribution is -0.119. The summed E-state index contributed by atoms with van der Waals surface area (Å²) in [5.74, 6) is -0.659. The molecule has 0 aromatic heterocycles. The highest BCUT2D eigenvalue weighted by molar-refractivity contribution is 5.97. The van der Waals surface area contributed by atoms with Crippen LogP contribution in [0.2, 0.25) is 0 Å². The molecule has 0 bridgehead atoms. The third-order valence-electron chi connectivity index (χ3n) is 4.57. The molecule has 3 rings (SSSR count). The van der Waals surface area contributed by atoms with Gasteiger partial charge in [0.25, 0.3) is 0 Å². The number of nitrogens with one attached hydrogen (secondary N) is 2. The first-order chi connectivity index (χ1) is 14.4. The summed E-state index contributed by atoms with van der Waals surface area (Å²) in [6.45, 7) is 0.292. The summed E-state index contributed by atoms with van der Waals surface area (Å²) in [6.07, 6.45) is 0.177. The zero-order valence-electron chi connectivity index (χ0n) is 16.2. The van der Waals surface area contributed by atoms with Crippen molar-refractivity contribution in [3.05, 3.63) is 77.9 Å². The molecule has 0 aliphatic rings. The summed E-state index contributed by atoms with van der Waals surface area (Å²) in [4.78, 5) is 28.1. The van der Waals surface area contributed by atoms with Gasteiger partial charge in [0.1, 0.15) is 11.8 Å². The average Bonchev–Trinajstić information content (AvgIpc) is 2.73. The van der Waals surface area contributed by atoms with Crippen molar-refractivity contribution in [3.63, 3.8) is 0 Å². The molecule has 0 unspecified atom stereocenters. The molecule has 3 aromatic rings. The summed E-state index contributed by atoms with van der Waals surface area (Å²) in [6, 6.07) is 18.4. The highest BCUT2D eigenvalue weighted by Crippen LogP contribution is 2.19. The van der Waals surface area contributed by atoms with Crippen molar-refractivity contribution >= 4 is 28.7 Å². The maximum absolute atomic E-state index is 12.2. The molecule has 0 heterocycles. The van der Waals surface area contributed by atoms with Gasteiger partial charge in [0.05, 0.1) is 6.54 Å². The van der Waals surface area contributed by atoms with Gasteiger partial charge in [0.2, 0.25) is 5.91 Å². The minimum atomic E-state index is -0.944. The number of carbonyl (C=O) groups is 2. The Kier molecular flexibility index (Phi) is 6.49. The number of rotatable bonds is 6. The van der Waals surface area contributed by atoms with E-state index < -0.39 is 18.0 Å². The van der Waals surface area contributed by atoms with Crippen molar-refractivity contribution in [1.29, 1.82) is 0 Å². The fraction of sp³-hybridized carbons (Fsp3) is 0.136. The fourth-order valence-corrected chi connectivity index (χ4v) is 3.04. The molecule has 0 fully saturated rings. The van der Waals surface area contributed by atoms with Crippen LogP contribution in [-0.4, -0.2) is 29.0 Å². The van der Waals surface area contributed by atoms with E-state index in [0.29, 0.717) is 6.54 Å².